The molecule has 0 saturated carbocycles. The number of furan rings is 1. The number of aromatic carboxylic acids is 1. The molecule has 2 aromatic carbocycles. The molecule has 0 unspecified atom stereocenters. The van der Waals surface area contributed by atoms with Crippen molar-refractivity contribution in [3.8, 4) is 11.3 Å². The number of aliphatic imine (C=N–C) groups is 1. The summed E-state index contributed by atoms with van der Waals surface area (Å²) in [5, 5.41) is 12.6. The molecule has 1 amide bonds. The lowest BCUT2D eigenvalue weighted by molar-refractivity contribution is -0.115. The molecular formula is C24H19BrN2O4S. The molecule has 4 rings (SSSR count). The third kappa shape index (κ3) is 4.42. The van der Waals surface area contributed by atoms with Gasteiger partial charge in [0.1, 0.15) is 11.5 Å². The van der Waals surface area contributed by atoms with Crippen LogP contribution in [-0.4, -0.2) is 22.2 Å². The number of amidine groups is 1. The van der Waals surface area contributed by atoms with Crippen LogP contribution in [0.25, 0.3) is 17.4 Å². The molecule has 0 radical (unpaired) electrons. The molecule has 2 N–H and O–H groups in total. The quantitative estimate of drug-likeness (QED) is 0.406. The zero-order chi connectivity index (χ0) is 23.0. The number of aryl methyl sites for hydroxylation is 2. The molecule has 1 fully saturated rings. The van der Waals surface area contributed by atoms with Crippen molar-refractivity contribution in [2.24, 2.45) is 4.99 Å². The van der Waals surface area contributed by atoms with Crippen LogP contribution < -0.4 is 5.32 Å². The maximum Gasteiger partial charge on any atom is 0.335 e. The van der Waals surface area contributed by atoms with E-state index in [2.05, 4.69) is 26.2 Å². The molecule has 0 atom stereocenters. The number of thioether (sulfide) groups is 1. The highest BCUT2D eigenvalue weighted by molar-refractivity contribution is 9.10. The first-order chi connectivity index (χ1) is 15.2. The van der Waals surface area contributed by atoms with Gasteiger partial charge >= 0.3 is 5.97 Å². The minimum Gasteiger partial charge on any atom is -0.478 e. The van der Waals surface area contributed by atoms with Crippen molar-refractivity contribution in [3.05, 3.63) is 79.9 Å². The monoisotopic (exact) mass is 510 g/mol. The van der Waals surface area contributed by atoms with Gasteiger partial charge in [0.05, 0.1) is 16.2 Å². The molecule has 1 aliphatic rings. The predicted octanol–water partition coefficient (Wildman–Crippen LogP) is 6.22. The summed E-state index contributed by atoms with van der Waals surface area (Å²) in [6.07, 6.45) is 1.65. The second kappa shape index (κ2) is 8.80. The standard InChI is InChI=1S/C24H19BrN2O4S/c1-12-9-15(10-13(2)21(12)25)26-24-27-22(28)20(32-24)11-16-7-8-19(31-16)17-5-4-6-18(14(17)3)23(29)30/h4-11H,1-3H3,(H,29,30)(H,26,27,28)/b20-11-. The van der Waals surface area contributed by atoms with Gasteiger partial charge < -0.3 is 14.8 Å². The van der Waals surface area contributed by atoms with Gasteiger partial charge in [-0.1, -0.05) is 28.1 Å². The van der Waals surface area contributed by atoms with Crippen LogP contribution in [0.2, 0.25) is 0 Å². The second-order valence-corrected chi connectivity index (χ2v) is 9.18. The molecule has 3 aromatic rings. The highest BCUT2D eigenvalue weighted by Gasteiger charge is 2.24. The van der Waals surface area contributed by atoms with Gasteiger partial charge in [-0.2, -0.15) is 0 Å². The lowest BCUT2D eigenvalue weighted by atomic mass is 10.0. The molecule has 0 aliphatic carbocycles. The van der Waals surface area contributed by atoms with E-state index in [-0.39, 0.29) is 11.5 Å². The van der Waals surface area contributed by atoms with E-state index >= 15 is 0 Å². The van der Waals surface area contributed by atoms with Crippen LogP contribution in [0.1, 0.15) is 32.8 Å². The van der Waals surface area contributed by atoms with Crippen LogP contribution in [0.3, 0.4) is 0 Å². The number of carbonyl (C=O) groups is 2. The van der Waals surface area contributed by atoms with Crippen LogP contribution in [0.15, 0.2) is 61.3 Å². The Bertz CT molecular complexity index is 1300. The Morgan fingerprint density at radius 3 is 2.56 bits per heavy atom. The van der Waals surface area contributed by atoms with E-state index in [9.17, 15) is 14.7 Å². The molecule has 32 heavy (non-hydrogen) atoms. The summed E-state index contributed by atoms with van der Waals surface area (Å²) in [4.78, 5) is 28.8. The Labute approximate surface area is 197 Å². The maximum atomic E-state index is 12.4. The molecule has 8 heteroatoms. The Balaban J connectivity index is 1.59. The molecule has 1 aliphatic heterocycles. The minimum atomic E-state index is -0.986. The van der Waals surface area contributed by atoms with Gasteiger partial charge in [-0.05, 0) is 79.6 Å². The summed E-state index contributed by atoms with van der Waals surface area (Å²) in [5.74, 6) is -0.202. The van der Waals surface area contributed by atoms with Gasteiger partial charge in [0.2, 0.25) is 0 Å². The smallest absolute Gasteiger partial charge is 0.335 e. The second-order valence-electron chi connectivity index (χ2n) is 7.36. The minimum absolute atomic E-state index is 0.226. The average Bonchev–Trinajstić information content (AvgIpc) is 3.33. The number of amides is 1. The number of nitrogens with one attached hydrogen (secondary N) is 1. The normalized spacial score (nSPS) is 16.1. The Morgan fingerprint density at radius 2 is 1.88 bits per heavy atom. The molecule has 1 saturated heterocycles. The van der Waals surface area contributed by atoms with Crippen molar-refractivity contribution in [2.45, 2.75) is 20.8 Å². The van der Waals surface area contributed by atoms with Crippen molar-refractivity contribution in [1.82, 2.24) is 5.32 Å². The highest BCUT2D eigenvalue weighted by Crippen LogP contribution is 2.33. The maximum absolute atomic E-state index is 12.4. The summed E-state index contributed by atoms with van der Waals surface area (Å²) < 4.78 is 6.93. The summed E-state index contributed by atoms with van der Waals surface area (Å²) >= 11 is 4.78. The van der Waals surface area contributed by atoms with Crippen molar-refractivity contribution in [2.75, 3.05) is 0 Å². The number of carboxylic acids is 1. The topological polar surface area (TPSA) is 91.9 Å². The van der Waals surface area contributed by atoms with Crippen LogP contribution in [0.5, 0.6) is 0 Å². The molecule has 0 spiro atoms. The largest absolute Gasteiger partial charge is 0.478 e. The van der Waals surface area contributed by atoms with E-state index in [4.69, 9.17) is 4.42 Å². The lowest BCUT2D eigenvalue weighted by Crippen LogP contribution is -2.19. The number of rotatable bonds is 4. The van der Waals surface area contributed by atoms with Gasteiger partial charge in [-0.15, -0.1) is 0 Å². The average molecular weight is 511 g/mol. The van der Waals surface area contributed by atoms with Crippen LogP contribution in [0.4, 0.5) is 5.69 Å². The zero-order valence-corrected chi connectivity index (χ0v) is 19.9. The van der Waals surface area contributed by atoms with Crippen molar-refractivity contribution < 1.29 is 19.1 Å². The third-order valence-electron chi connectivity index (χ3n) is 5.03. The molecular weight excluding hydrogens is 492 g/mol. The van der Waals surface area contributed by atoms with Crippen LogP contribution in [0, 0.1) is 20.8 Å². The fourth-order valence-corrected chi connectivity index (χ4v) is 4.47. The summed E-state index contributed by atoms with van der Waals surface area (Å²) in [7, 11) is 0. The number of carboxylic acid groups (broad SMARTS) is 1. The Hall–Kier alpha value is -3.10. The van der Waals surface area contributed by atoms with Crippen molar-refractivity contribution in [1.29, 1.82) is 0 Å². The predicted molar refractivity (Wildman–Crippen MR) is 130 cm³/mol. The fraction of sp³-hybridized carbons (Fsp3) is 0.125. The molecule has 162 valence electrons. The highest BCUT2D eigenvalue weighted by atomic mass is 79.9. The third-order valence-corrected chi connectivity index (χ3v) is 7.19. The number of hydrogen-bond donors (Lipinski definition) is 2. The van der Waals surface area contributed by atoms with Crippen molar-refractivity contribution >= 4 is 56.5 Å². The molecule has 6 nitrogen and oxygen atoms in total. The van der Waals surface area contributed by atoms with E-state index in [0.29, 0.717) is 32.7 Å². The SMILES string of the molecule is Cc1cc(N=C2NC(=O)/C(=C/c3ccc(-c4cccc(C(=O)O)c4C)o3)S2)cc(C)c1Br. The van der Waals surface area contributed by atoms with E-state index in [1.165, 1.54) is 11.8 Å². The number of hydrogen-bond acceptors (Lipinski definition) is 5. The van der Waals surface area contributed by atoms with E-state index in [1.54, 1.807) is 37.3 Å². The summed E-state index contributed by atoms with van der Waals surface area (Å²) in [5.41, 5.74) is 4.45. The Kier molecular flexibility index (Phi) is 6.08. The lowest BCUT2D eigenvalue weighted by Gasteiger charge is -2.05. The first-order valence-corrected chi connectivity index (χ1v) is 11.3. The Morgan fingerprint density at radius 1 is 1.16 bits per heavy atom. The number of carbonyl (C=O) groups excluding carboxylic acids is 1. The number of halogens is 1. The first kappa shape index (κ1) is 22.1. The van der Waals surface area contributed by atoms with Crippen LogP contribution >= 0.6 is 27.7 Å². The van der Waals surface area contributed by atoms with Crippen molar-refractivity contribution in [3.63, 3.8) is 0 Å². The summed E-state index contributed by atoms with van der Waals surface area (Å²) in [6.45, 7) is 5.73. The van der Waals surface area contributed by atoms with E-state index in [0.717, 1.165) is 21.3 Å². The first-order valence-electron chi connectivity index (χ1n) is 9.72. The van der Waals surface area contributed by atoms with Crippen LogP contribution in [-0.2, 0) is 4.79 Å². The van der Waals surface area contributed by atoms with Gasteiger partial charge in [0, 0.05) is 16.1 Å². The van der Waals surface area contributed by atoms with Gasteiger partial charge in [0.15, 0.2) is 5.17 Å². The molecule has 0 bridgehead atoms. The van der Waals surface area contributed by atoms with Gasteiger partial charge in [0.25, 0.3) is 5.91 Å². The molecule has 1 aromatic heterocycles. The zero-order valence-electron chi connectivity index (χ0n) is 17.5. The number of benzene rings is 2. The van der Waals surface area contributed by atoms with Gasteiger partial charge in [-0.3, -0.25) is 4.79 Å². The van der Waals surface area contributed by atoms with E-state index < -0.39 is 5.97 Å². The van der Waals surface area contributed by atoms with E-state index in [1.807, 2.05) is 32.0 Å². The summed E-state index contributed by atoms with van der Waals surface area (Å²) in [6, 6.07) is 12.5. The fourth-order valence-electron chi connectivity index (χ4n) is 3.42. The van der Waals surface area contributed by atoms with Gasteiger partial charge in [-0.25, -0.2) is 9.79 Å². The molecule has 2 heterocycles. The number of nitrogens with zero attached hydrogens (tertiary/aromatic N) is 1.